The van der Waals surface area contributed by atoms with Crippen LogP contribution in [0.1, 0.15) is 22.3 Å². The number of phenolic OH excluding ortho intramolecular Hbond substituents is 17. The number of aryl methyl sites for hydroxylation is 3. The van der Waals surface area contributed by atoms with Crippen molar-refractivity contribution in [2.75, 3.05) is 0 Å². The van der Waals surface area contributed by atoms with Crippen molar-refractivity contribution in [3.63, 3.8) is 0 Å². The van der Waals surface area contributed by atoms with Crippen molar-refractivity contribution < 1.29 is 86.8 Å². The first-order valence-corrected chi connectivity index (χ1v) is 23.7. The molecule has 392 valence electrons. The highest BCUT2D eigenvalue weighted by atomic mass is 16.4. The fourth-order valence-corrected chi connectivity index (χ4v) is 11.6. The largest absolute Gasteiger partial charge is 0.507 e. The third-order valence-corrected chi connectivity index (χ3v) is 15.2. The van der Waals surface area contributed by atoms with E-state index in [0.29, 0.717) is 11.1 Å². The lowest BCUT2D eigenvalue weighted by atomic mass is 9.88. The minimum atomic E-state index is -1.27. The van der Waals surface area contributed by atoms with Gasteiger partial charge in [-0.3, -0.25) is 4.57 Å². The van der Waals surface area contributed by atoms with E-state index in [2.05, 4.69) is 0 Å². The maximum absolute atomic E-state index is 12.8. The number of rotatable bonds is 5. The lowest BCUT2D eigenvalue weighted by Crippen LogP contribution is -2.04. The van der Waals surface area contributed by atoms with E-state index in [1.54, 1.807) is 84.9 Å². The Bertz CT molecular complexity index is 4730. The van der Waals surface area contributed by atoms with Crippen molar-refractivity contribution in [3.05, 3.63) is 107 Å². The van der Waals surface area contributed by atoms with Crippen LogP contribution in [0.15, 0.2) is 84.9 Å². The Hall–Kier alpha value is -11.0. The highest BCUT2D eigenvalue weighted by molar-refractivity contribution is 6.26. The molecule has 3 heterocycles. The Morgan fingerprint density at radius 2 is 0.628 bits per heavy atom. The highest BCUT2D eigenvalue weighted by Gasteiger charge is 2.39. The fraction of sp³-hybridized carbons (Fsp3) is 0.0690. The number of hydrogen-bond acceptors (Lipinski definition) is 17. The van der Waals surface area contributed by atoms with E-state index in [0.717, 1.165) is 4.57 Å². The lowest BCUT2D eigenvalue weighted by Gasteiger charge is -2.21. The Kier molecular flexibility index (Phi) is 9.83. The van der Waals surface area contributed by atoms with Crippen LogP contribution in [0.25, 0.3) is 105 Å². The smallest absolute Gasteiger partial charge is 0.206 e. The molecule has 0 aliphatic carbocycles. The number of aromatic hydroxyl groups is 17. The molecule has 0 aliphatic heterocycles. The van der Waals surface area contributed by atoms with Gasteiger partial charge in [-0.05, 0) is 62.6 Å². The molecule has 9 aromatic carbocycles. The van der Waals surface area contributed by atoms with Crippen LogP contribution in [-0.2, 0) is 0 Å². The summed E-state index contributed by atoms with van der Waals surface area (Å²) in [7, 11) is 0. The van der Waals surface area contributed by atoms with Gasteiger partial charge in [0.05, 0.1) is 27.4 Å². The van der Waals surface area contributed by atoms with Gasteiger partial charge in [-0.2, -0.15) is 0 Å². The van der Waals surface area contributed by atoms with Gasteiger partial charge in [0.15, 0.2) is 69.0 Å². The summed E-state index contributed by atoms with van der Waals surface area (Å²) in [5, 5.41) is 200. The summed E-state index contributed by atoms with van der Waals surface area (Å²) < 4.78 is 3.31. The van der Waals surface area contributed by atoms with Crippen molar-refractivity contribution >= 4 is 65.4 Å². The highest BCUT2D eigenvalue weighted by Crippen LogP contribution is 2.63. The lowest BCUT2D eigenvalue weighted by molar-refractivity contribution is 0.350. The van der Waals surface area contributed by atoms with Crippen molar-refractivity contribution in [1.82, 2.24) is 13.7 Å². The zero-order chi connectivity index (χ0) is 55.7. The zero-order valence-corrected chi connectivity index (χ0v) is 41.0. The molecule has 20 nitrogen and oxygen atoms in total. The molecule has 0 atom stereocenters. The first-order valence-electron chi connectivity index (χ1n) is 23.7. The predicted molar refractivity (Wildman–Crippen MR) is 288 cm³/mol. The van der Waals surface area contributed by atoms with Crippen molar-refractivity contribution in [2.24, 2.45) is 0 Å². The van der Waals surface area contributed by atoms with E-state index >= 15 is 0 Å². The van der Waals surface area contributed by atoms with Gasteiger partial charge in [0, 0.05) is 49.7 Å². The average molecular weight is 1050 g/mol. The van der Waals surface area contributed by atoms with E-state index in [4.69, 9.17) is 0 Å². The van der Waals surface area contributed by atoms with Crippen LogP contribution in [-0.4, -0.2) is 101 Å². The quantitative estimate of drug-likeness (QED) is 0.0562. The molecule has 78 heavy (non-hydrogen) atoms. The van der Waals surface area contributed by atoms with Crippen LogP contribution in [0.2, 0.25) is 0 Å². The normalized spacial score (nSPS) is 11.9. The number of para-hydroxylation sites is 2. The van der Waals surface area contributed by atoms with Gasteiger partial charge in [-0.15, -0.1) is 0 Å². The third-order valence-electron chi connectivity index (χ3n) is 15.2. The molecule has 0 spiro atoms. The molecule has 0 bridgehead atoms. The summed E-state index contributed by atoms with van der Waals surface area (Å²) in [6.07, 6.45) is 0. The molecule has 0 saturated heterocycles. The summed E-state index contributed by atoms with van der Waals surface area (Å²) >= 11 is 0. The molecular weight excluding hydrogens is 1010 g/mol. The van der Waals surface area contributed by atoms with Crippen molar-refractivity contribution in [3.8, 4) is 137 Å². The van der Waals surface area contributed by atoms with Gasteiger partial charge in [0.1, 0.15) is 39.0 Å². The minimum absolute atomic E-state index is 0.0942. The fourth-order valence-electron chi connectivity index (χ4n) is 11.6. The topological polar surface area (TPSA) is 359 Å². The van der Waals surface area contributed by atoms with Crippen LogP contribution in [0, 0.1) is 27.7 Å². The average Bonchev–Trinajstić information content (AvgIpc) is 4.14. The minimum Gasteiger partial charge on any atom is -0.507 e. The second-order valence-corrected chi connectivity index (χ2v) is 19.1. The molecule has 12 aromatic rings. The Morgan fingerprint density at radius 1 is 0.256 bits per heavy atom. The maximum Gasteiger partial charge on any atom is 0.206 e. The molecule has 12 rings (SSSR count). The summed E-state index contributed by atoms with van der Waals surface area (Å²) in [5.74, 6) is -17.4. The Morgan fingerprint density at radius 3 is 1.21 bits per heavy atom. The van der Waals surface area contributed by atoms with E-state index in [1.807, 2.05) is 0 Å². The van der Waals surface area contributed by atoms with Crippen LogP contribution in [0.5, 0.6) is 97.7 Å². The van der Waals surface area contributed by atoms with Crippen LogP contribution in [0.4, 0.5) is 0 Å². The maximum atomic E-state index is 12.8. The van der Waals surface area contributed by atoms with Crippen molar-refractivity contribution in [2.45, 2.75) is 27.7 Å². The molecule has 0 fully saturated rings. The van der Waals surface area contributed by atoms with Gasteiger partial charge in [-0.1, -0.05) is 66.7 Å². The Balaban J connectivity index is 1.32. The summed E-state index contributed by atoms with van der Waals surface area (Å²) in [4.78, 5) is 0. The van der Waals surface area contributed by atoms with Gasteiger partial charge in [0.2, 0.25) is 23.0 Å². The first-order chi connectivity index (χ1) is 37.1. The molecule has 0 unspecified atom stereocenters. The Labute approximate surface area is 436 Å². The number of benzene rings is 9. The monoisotopic (exact) mass is 1050 g/mol. The van der Waals surface area contributed by atoms with Crippen LogP contribution < -0.4 is 0 Å². The van der Waals surface area contributed by atoms with Gasteiger partial charge >= 0.3 is 0 Å². The number of aromatic nitrogens is 3. The summed E-state index contributed by atoms with van der Waals surface area (Å²) in [6.45, 7) is 5.30. The predicted octanol–water partition coefficient (Wildman–Crippen LogP) is 10.5. The number of nitrogens with zero attached hydrogens (tertiary/aromatic N) is 3. The molecule has 17 N–H and O–H groups in total. The zero-order valence-electron chi connectivity index (χ0n) is 41.0. The molecule has 0 saturated carbocycles. The number of hydrogen-bond donors (Lipinski definition) is 17. The summed E-state index contributed by atoms with van der Waals surface area (Å²) in [6, 6.07) is 23.2. The van der Waals surface area contributed by atoms with Crippen LogP contribution in [0.3, 0.4) is 0 Å². The van der Waals surface area contributed by atoms with E-state index < -0.39 is 142 Å². The molecule has 0 aliphatic rings. The molecule has 0 amide bonds. The molecule has 3 aromatic heterocycles. The second kappa shape index (κ2) is 16.0. The summed E-state index contributed by atoms with van der Waals surface area (Å²) in [5.41, 5.74) is -3.55. The number of fused-ring (bicyclic) bond motifs is 9. The van der Waals surface area contributed by atoms with Crippen LogP contribution >= 0.6 is 0 Å². The van der Waals surface area contributed by atoms with E-state index in [-0.39, 0.29) is 71.6 Å². The van der Waals surface area contributed by atoms with E-state index in [1.165, 1.54) is 36.8 Å². The van der Waals surface area contributed by atoms with Gasteiger partial charge < -0.3 is 95.9 Å². The number of phenols is 17. The van der Waals surface area contributed by atoms with Gasteiger partial charge in [0.25, 0.3) is 0 Å². The third kappa shape index (κ3) is 5.70. The molecule has 20 heteroatoms. The molecular formula is C58H43N3O17. The molecule has 0 radical (unpaired) electrons. The van der Waals surface area contributed by atoms with Crippen molar-refractivity contribution in [1.29, 1.82) is 0 Å². The second-order valence-electron chi connectivity index (χ2n) is 19.1. The van der Waals surface area contributed by atoms with E-state index in [9.17, 15) is 86.8 Å². The standard InChI is InChI=1S/C58H43N3O17/c1-19-27-29-21(3)43(63)55(75)52(72)38(29)61(41-35-33(48(68)56(76)54(41)74)34-40(49(69)44(64)22(4)42(34)62)60(35)26-18-12-11-17-25(26)23-13-7-5-8-14-23)37(27)51(71)46(66)30(19)31-20(2)28-32-39(53(73)58(78)57(77)47(32)67)59(24-15-9-6-10-16-24)36(28)50(70)45(31)65/h5-18,62-78H,1-4H3. The SMILES string of the molecule is Cc1c(O)c(O)c2c(c1O)c1c(O)c(O)c(O)c(-n3c4c(O)c(O)c(O)c(C)c4c4c(C)c(-c5c(O)c(O)c6c(c5C)c5c(O)c(O)c(O)c(O)c5n6-c5ccccc5)c(O)c(O)c43)c1n2-c1ccccc1-c1ccccc1. The van der Waals surface area contributed by atoms with Gasteiger partial charge in [-0.25, -0.2) is 0 Å². The first kappa shape index (κ1) is 48.0.